The van der Waals surface area contributed by atoms with E-state index in [1.807, 2.05) is 25.6 Å². The predicted molar refractivity (Wildman–Crippen MR) is 59.1 cm³/mol. The molecule has 5 nitrogen and oxygen atoms in total. The molecule has 0 N–H and O–H groups in total. The fourth-order valence-corrected chi connectivity index (χ4v) is 2.15. The van der Waals surface area contributed by atoms with Gasteiger partial charge in [0.2, 0.25) is 0 Å². The summed E-state index contributed by atoms with van der Waals surface area (Å²) >= 11 is 0. The minimum absolute atomic E-state index is 0.230. The van der Waals surface area contributed by atoms with Gasteiger partial charge in [0.25, 0.3) is 0 Å². The highest BCUT2D eigenvalue weighted by atomic mass is 16.6. The van der Waals surface area contributed by atoms with E-state index >= 15 is 0 Å². The Kier molecular flexibility index (Phi) is 2.85. The molecule has 88 valence electrons. The second-order valence-electron chi connectivity index (χ2n) is 4.00. The summed E-state index contributed by atoms with van der Waals surface area (Å²) in [7, 11) is 1.92. The maximum absolute atomic E-state index is 11.6. The number of rotatable bonds is 1. The van der Waals surface area contributed by atoms with Crippen molar-refractivity contribution in [1.82, 2.24) is 14.7 Å². The fourth-order valence-electron chi connectivity index (χ4n) is 2.15. The van der Waals surface area contributed by atoms with E-state index in [4.69, 9.17) is 4.74 Å². The van der Waals surface area contributed by atoms with Crippen LogP contribution in [0.1, 0.15) is 23.9 Å². The minimum atomic E-state index is -0.230. The first kappa shape index (κ1) is 11.0. The van der Waals surface area contributed by atoms with Crippen LogP contribution in [0, 0.1) is 6.92 Å². The standard InChI is InChI=1S/C11H17N3O2/c1-4-16-11(15)14-6-5-9-8(2)12-13(3)10(9)7-14/h4-7H2,1-3H3. The average Bonchev–Trinajstić information content (AvgIpc) is 2.55. The molecule has 0 fully saturated rings. The lowest BCUT2D eigenvalue weighted by Crippen LogP contribution is -2.37. The number of carbonyl (C=O) groups is 1. The second-order valence-corrected chi connectivity index (χ2v) is 4.00. The Labute approximate surface area is 95.0 Å². The number of nitrogens with zero attached hydrogens (tertiary/aromatic N) is 3. The van der Waals surface area contributed by atoms with Crippen molar-refractivity contribution in [3.63, 3.8) is 0 Å². The van der Waals surface area contributed by atoms with Crippen LogP contribution >= 0.6 is 0 Å². The monoisotopic (exact) mass is 223 g/mol. The van der Waals surface area contributed by atoms with Gasteiger partial charge in [-0.1, -0.05) is 0 Å². The first-order valence-corrected chi connectivity index (χ1v) is 5.56. The highest BCUT2D eigenvalue weighted by molar-refractivity contribution is 5.68. The summed E-state index contributed by atoms with van der Waals surface area (Å²) < 4.78 is 6.86. The maximum atomic E-state index is 11.6. The Morgan fingerprint density at radius 2 is 2.31 bits per heavy atom. The van der Waals surface area contributed by atoms with Crippen molar-refractivity contribution in [2.45, 2.75) is 26.8 Å². The number of ether oxygens (including phenoxy) is 1. The quantitative estimate of drug-likeness (QED) is 0.719. The molecule has 0 bridgehead atoms. The zero-order chi connectivity index (χ0) is 11.7. The van der Waals surface area contributed by atoms with Crippen molar-refractivity contribution in [2.75, 3.05) is 13.2 Å². The molecule has 0 atom stereocenters. The maximum Gasteiger partial charge on any atom is 0.410 e. The van der Waals surface area contributed by atoms with E-state index in [-0.39, 0.29) is 6.09 Å². The summed E-state index contributed by atoms with van der Waals surface area (Å²) in [6, 6.07) is 0. The van der Waals surface area contributed by atoms with Gasteiger partial charge in [-0.05, 0) is 25.8 Å². The highest BCUT2D eigenvalue weighted by Crippen LogP contribution is 2.21. The summed E-state index contributed by atoms with van der Waals surface area (Å²) in [4.78, 5) is 13.3. The van der Waals surface area contributed by atoms with Crippen LogP contribution in [0.25, 0.3) is 0 Å². The van der Waals surface area contributed by atoms with Crippen LogP contribution in [0.2, 0.25) is 0 Å². The molecule has 16 heavy (non-hydrogen) atoms. The smallest absolute Gasteiger partial charge is 0.410 e. The zero-order valence-electron chi connectivity index (χ0n) is 9.99. The molecule has 5 heteroatoms. The third kappa shape index (κ3) is 1.77. The summed E-state index contributed by atoms with van der Waals surface area (Å²) in [5.41, 5.74) is 3.47. The number of hydrogen-bond donors (Lipinski definition) is 0. The molecule has 1 aromatic heterocycles. The summed E-state index contributed by atoms with van der Waals surface area (Å²) in [5.74, 6) is 0. The molecule has 0 unspecified atom stereocenters. The van der Waals surface area contributed by atoms with Crippen LogP contribution < -0.4 is 0 Å². The average molecular weight is 223 g/mol. The topological polar surface area (TPSA) is 47.4 Å². The second kappa shape index (κ2) is 4.15. The van der Waals surface area contributed by atoms with Crippen molar-refractivity contribution < 1.29 is 9.53 Å². The van der Waals surface area contributed by atoms with E-state index in [1.54, 1.807) is 4.90 Å². The molecule has 1 aromatic rings. The number of hydrogen-bond acceptors (Lipinski definition) is 3. The number of amides is 1. The molecule has 1 aliphatic rings. The predicted octanol–water partition coefficient (Wildman–Crippen LogP) is 1.24. The van der Waals surface area contributed by atoms with Crippen molar-refractivity contribution in [1.29, 1.82) is 0 Å². The van der Waals surface area contributed by atoms with Crippen LogP contribution in [0.4, 0.5) is 4.79 Å². The lowest BCUT2D eigenvalue weighted by atomic mass is 10.1. The number of aromatic nitrogens is 2. The van der Waals surface area contributed by atoms with Gasteiger partial charge in [-0.2, -0.15) is 5.10 Å². The lowest BCUT2D eigenvalue weighted by Gasteiger charge is -2.26. The van der Waals surface area contributed by atoms with Gasteiger partial charge in [0.1, 0.15) is 0 Å². The van der Waals surface area contributed by atoms with E-state index in [9.17, 15) is 4.79 Å². The van der Waals surface area contributed by atoms with Crippen LogP contribution in [0.3, 0.4) is 0 Å². The number of aryl methyl sites for hydroxylation is 2. The number of carbonyl (C=O) groups excluding carboxylic acids is 1. The minimum Gasteiger partial charge on any atom is -0.450 e. The van der Waals surface area contributed by atoms with E-state index in [1.165, 1.54) is 5.56 Å². The molecule has 1 amide bonds. The Bertz CT molecular complexity index is 412. The normalized spacial score (nSPS) is 14.8. The van der Waals surface area contributed by atoms with Crippen LogP contribution in [-0.4, -0.2) is 33.9 Å². The van der Waals surface area contributed by atoms with Gasteiger partial charge < -0.3 is 9.64 Å². The Hall–Kier alpha value is -1.52. The first-order chi connectivity index (χ1) is 7.63. The van der Waals surface area contributed by atoms with E-state index in [0.717, 1.165) is 24.4 Å². The third-order valence-corrected chi connectivity index (χ3v) is 2.97. The first-order valence-electron chi connectivity index (χ1n) is 5.56. The SMILES string of the molecule is CCOC(=O)N1CCc2c(C)nn(C)c2C1. The molecular weight excluding hydrogens is 206 g/mol. The molecule has 2 rings (SSSR count). The van der Waals surface area contributed by atoms with Gasteiger partial charge in [0.15, 0.2) is 0 Å². The fraction of sp³-hybridized carbons (Fsp3) is 0.636. The van der Waals surface area contributed by atoms with Crippen molar-refractivity contribution in [3.8, 4) is 0 Å². The molecule has 2 heterocycles. The largest absolute Gasteiger partial charge is 0.450 e. The molecule has 0 radical (unpaired) electrons. The van der Waals surface area contributed by atoms with E-state index in [2.05, 4.69) is 5.10 Å². The molecule has 0 saturated heterocycles. The Balaban J connectivity index is 2.17. The van der Waals surface area contributed by atoms with Gasteiger partial charge >= 0.3 is 6.09 Å². The van der Waals surface area contributed by atoms with Crippen molar-refractivity contribution in [2.24, 2.45) is 7.05 Å². The molecule has 0 spiro atoms. The van der Waals surface area contributed by atoms with Gasteiger partial charge in [-0.25, -0.2) is 4.79 Å². The van der Waals surface area contributed by atoms with Gasteiger partial charge in [0, 0.05) is 13.6 Å². The van der Waals surface area contributed by atoms with E-state index < -0.39 is 0 Å². The third-order valence-electron chi connectivity index (χ3n) is 2.97. The zero-order valence-corrected chi connectivity index (χ0v) is 9.99. The van der Waals surface area contributed by atoms with Crippen LogP contribution in [0.5, 0.6) is 0 Å². The summed E-state index contributed by atoms with van der Waals surface area (Å²) in [5, 5.41) is 4.37. The molecule has 0 aromatic carbocycles. The Morgan fingerprint density at radius 3 is 3.00 bits per heavy atom. The highest BCUT2D eigenvalue weighted by Gasteiger charge is 2.25. The lowest BCUT2D eigenvalue weighted by molar-refractivity contribution is 0.101. The van der Waals surface area contributed by atoms with E-state index in [0.29, 0.717) is 13.2 Å². The van der Waals surface area contributed by atoms with Crippen molar-refractivity contribution in [3.05, 3.63) is 17.0 Å². The van der Waals surface area contributed by atoms with Gasteiger partial charge in [-0.15, -0.1) is 0 Å². The molecule has 1 aliphatic heterocycles. The Morgan fingerprint density at radius 1 is 1.56 bits per heavy atom. The summed E-state index contributed by atoms with van der Waals surface area (Å²) in [6.07, 6.45) is 0.639. The summed E-state index contributed by atoms with van der Waals surface area (Å²) in [6.45, 7) is 5.58. The van der Waals surface area contributed by atoms with Crippen LogP contribution in [0.15, 0.2) is 0 Å². The van der Waals surface area contributed by atoms with Gasteiger partial charge in [-0.3, -0.25) is 4.68 Å². The number of fused-ring (bicyclic) bond motifs is 1. The molecule has 0 aliphatic carbocycles. The van der Waals surface area contributed by atoms with Crippen molar-refractivity contribution >= 4 is 6.09 Å². The van der Waals surface area contributed by atoms with Crippen LogP contribution in [-0.2, 0) is 24.8 Å². The molecule has 0 saturated carbocycles. The van der Waals surface area contributed by atoms with Gasteiger partial charge in [0.05, 0.1) is 24.5 Å². The molecular formula is C11H17N3O2.